The lowest BCUT2D eigenvalue weighted by molar-refractivity contribution is 0.0659. The smallest absolute Gasteiger partial charge is 0.372 e. The molecule has 0 aliphatic rings. The number of benzene rings is 1. The normalized spacial score (nSPS) is 10.6. The highest BCUT2D eigenvalue weighted by molar-refractivity contribution is 5.86. The van der Waals surface area contributed by atoms with Gasteiger partial charge in [-0.15, -0.1) is 0 Å². The van der Waals surface area contributed by atoms with Crippen LogP contribution in [0.1, 0.15) is 33.0 Å². The monoisotopic (exact) mass is 259 g/mol. The third-order valence-corrected chi connectivity index (χ3v) is 3.04. The lowest BCUT2D eigenvalue weighted by Crippen LogP contribution is -2.12. The predicted molar refractivity (Wildman–Crippen MR) is 72.1 cm³/mol. The van der Waals surface area contributed by atoms with Crippen LogP contribution in [-0.4, -0.2) is 11.1 Å². The second-order valence-corrected chi connectivity index (χ2v) is 4.56. The third-order valence-electron chi connectivity index (χ3n) is 3.04. The van der Waals surface area contributed by atoms with Gasteiger partial charge >= 0.3 is 5.97 Å². The van der Waals surface area contributed by atoms with Gasteiger partial charge in [0.1, 0.15) is 5.76 Å². The molecule has 0 aliphatic heterocycles. The summed E-state index contributed by atoms with van der Waals surface area (Å²) < 4.78 is 5.28. The van der Waals surface area contributed by atoms with E-state index in [1.165, 1.54) is 11.1 Å². The van der Waals surface area contributed by atoms with Crippen LogP contribution in [0.5, 0.6) is 0 Å². The SMILES string of the molecule is Cc1ccccc1CNCc1cc(C)c(C(=O)O)o1. The van der Waals surface area contributed by atoms with Gasteiger partial charge in [0, 0.05) is 12.1 Å². The molecule has 100 valence electrons. The lowest BCUT2D eigenvalue weighted by Gasteiger charge is -2.06. The van der Waals surface area contributed by atoms with Gasteiger partial charge in [-0.25, -0.2) is 4.79 Å². The molecule has 0 spiro atoms. The zero-order valence-electron chi connectivity index (χ0n) is 11.1. The molecule has 0 aliphatic carbocycles. The minimum absolute atomic E-state index is 0.0210. The average Bonchev–Trinajstić information content (AvgIpc) is 2.73. The van der Waals surface area contributed by atoms with Crippen LogP contribution in [-0.2, 0) is 13.1 Å². The summed E-state index contributed by atoms with van der Waals surface area (Å²) in [5.41, 5.74) is 3.11. The summed E-state index contributed by atoms with van der Waals surface area (Å²) in [6.07, 6.45) is 0. The van der Waals surface area contributed by atoms with Crippen molar-refractivity contribution in [3.63, 3.8) is 0 Å². The number of rotatable bonds is 5. The van der Waals surface area contributed by atoms with Crippen molar-refractivity contribution in [1.29, 1.82) is 0 Å². The van der Waals surface area contributed by atoms with Crippen molar-refractivity contribution in [2.24, 2.45) is 0 Å². The summed E-state index contributed by atoms with van der Waals surface area (Å²) in [6.45, 7) is 5.05. The van der Waals surface area contributed by atoms with Crippen molar-refractivity contribution in [2.75, 3.05) is 0 Å². The molecule has 4 nitrogen and oxygen atoms in total. The molecule has 0 saturated carbocycles. The number of aryl methyl sites for hydroxylation is 2. The number of furan rings is 1. The van der Waals surface area contributed by atoms with Gasteiger partial charge < -0.3 is 14.8 Å². The second-order valence-electron chi connectivity index (χ2n) is 4.56. The first-order valence-corrected chi connectivity index (χ1v) is 6.15. The highest BCUT2D eigenvalue weighted by Crippen LogP contribution is 2.14. The molecule has 0 amide bonds. The third kappa shape index (κ3) is 3.23. The summed E-state index contributed by atoms with van der Waals surface area (Å²) >= 11 is 0. The van der Waals surface area contributed by atoms with E-state index in [1.807, 2.05) is 12.1 Å². The summed E-state index contributed by atoms with van der Waals surface area (Å²) in [5, 5.41) is 12.2. The van der Waals surface area contributed by atoms with Crippen LogP contribution in [0, 0.1) is 13.8 Å². The Morgan fingerprint density at radius 2 is 1.95 bits per heavy atom. The molecule has 0 fully saturated rings. The van der Waals surface area contributed by atoms with Crippen molar-refractivity contribution >= 4 is 5.97 Å². The van der Waals surface area contributed by atoms with Crippen LogP contribution >= 0.6 is 0 Å². The van der Waals surface area contributed by atoms with Crippen LogP contribution < -0.4 is 5.32 Å². The second kappa shape index (κ2) is 5.71. The van der Waals surface area contributed by atoms with E-state index in [9.17, 15) is 4.79 Å². The minimum atomic E-state index is -1.03. The Morgan fingerprint density at radius 3 is 2.58 bits per heavy atom. The number of nitrogens with one attached hydrogen (secondary N) is 1. The fraction of sp³-hybridized carbons (Fsp3) is 0.267. The predicted octanol–water partition coefficient (Wildman–Crippen LogP) is 2.88. The van der Waals surface area contributed by atoms with E-state index in [0.717, 1.165) is 6.54 Å². The summed E-state index contributed by atoms with van der Waals surface area (Å²) in [4.78, 5) is 10.9. The largest absolute Gasteiger partial charge is 0.475 e. The van der Waals surface area contributed by atoms with Gasteiger partial charge in [0.05, 0.1) is 6.54 Å². The topological polar surface area (TPSA) is 62.5 Å². The van der Waals surface area contributed by atoms with Crippen molar-refractivity contribution < 1.29 is 14.3 Å². The van der Waals surface area contributed by atoms with Gasteiger partial charge in [-0.1, -0.05) is 24.3 Å². The molecule has 19 heavy (non-hydrogen) atoms. The van der Waals surface area contributed by atoms with E-state index in [0.29, 0.717) is 17.9 Å². The maximum atomic E-state index is 10.9. The first kappa shape index (κ1) is 13.4. The molecule has 1 heterocycles. The van der Waals surface area contributed by atoms with Crippen molar-refractivity contribution in [2.45, 2.75) is 26.9 Å². The Kier molecular flexibility index (Phi) is 4.02. The zero-order chi connectivity index (χ0) is 13.8. The molecular formula is C15H17NO3. The van der Waals surface area contributed by atoms with Gasteiger partial charge in [-0.05, 0) is 31.0 Å². The number of carboxylic acid groups (broad SMARTS) is 1. The number of carboxylic acids is 1. The Hall–Kier alpha value is -2.07. The van der Waals surface area contributed by atoms with Crippen LogP contribution in [0.2, 0.25) is 0 Å². The minimum Gasteiger partial charge on any atom is -0.475 e. The first-order chi connectivity index (χ1) is 9.08. The van der Waals surface area contributed by atoms with Gasteiger partial charge in [0.25, 0.3) is 0 Å². The average molecular weight is 259 g/mol. The number of carbonyl (C=O) groups is 1. The molecule has 4 heteroatoms. The maximum absolute atomic E-state index is 10.9. The number of hydrogen-bond acceptors (Lipinski definition) is 3. The van der Waals surface area contributed by atoms with E-state index in [2.05, 4.69) is 24.4 Å². The first-order valence-electron chi connectivity index (χ1n) is 6.15. The van der Waals surface area contributed by atoms with Crippen molar-refractivity contribution in [3.8, 4) is 0 Å². The molecule has 0 radical (unpaired) electrons. The van der Waals surface area contributed by atoms with E-state index in [-0.39, 0.29) is 5.76 Å². The Bertz CT molecular complexity index is 587. The molecule has 2 rings (SSSR count). The van der Waals surface area contributed by atoms with E-state index in [4.69, 9.17) is 9.52 Å². The standard InChI is InChI=1S/C15H17NO3/c1-10-5-3-4-6-12(10)8-16-9-13-7-11(2)14(19-13)15(17)18/h3-7,16H,8-9H2,1-2H3,(H,17,18). The van der Waals surface area contributed by atoms with Crippen molar-refractivity contribution in [1.82, 2.24) is 5.32 Å². The highest BCUT2D eigenvalue weighted by Gasteiger charge is 2.13. The Labute approximate surface area is 112 Å². The van der Waals surface area contributed by atoms with Gasteiger partial charge in [-0.3, -0.25) is 0 Å². The van der Waals surface area contributed by atoms with Gasteiger partial charge in [0.15, 0.2) is 0 Å². The van der Waals surface area contributed by atoms with Gasteiger partial charge in [-0.2, -0.15) is 0 Å². The van der Waals surface area contributed by atoms with Gasteiger partial charge in [0.2, 0.25) is 5.76 Å². The Balaban J connectivity index is 1.95. The fourth-order valence-electron chi connectivity index (χ4n) is 1.98. The van der Waals surface area contributed by atoms with E-state index < -0.39 is 5.97 Å². The molecular weight excluding hydrogens is 242 g/mol. The quantitative estimate of drug-likeness (QED) is 0.866. The van der Waals surface area contributed by atoms with Crippen LogP contribution in [0.3, 0.4) is 0 Å². The summed E-state index contributed by atoms with van der Waals surface area (Å²) in [7, 11) is 0. The van der Waals surface area contributed by atoms with E-state index in [1.54, 1.807) is 13.0 Å². The lowest BCUT2D eigenvalue weighted by atomic mass is 10.1. The van der Waals surface area contributed by atoms with Crippen LogP contribution in [0.4, 0.5) is 0 Å². The summed E-state index contributed by atoms with van der Waals surface area (Å²) in [5.74, 6) is -0.362. The number of hydrogen-bond donors (Lipinski definition) is 2. The molecule has 0 saturated heterocycles. The number of aromatic carboxylic acids is 1. The molecule has 0 atom stereocenters. The molecule has 1 aromatic heterocycles. The Morgan fingerprint density at radius 1 is 1.21 bits per heavy atom. The van der Waals surface area contributed by atoms with Crippen molar-refractivity contribution in [3.05, 3.63) is 58.5 Å². The highest BCUT2D eigenvalue weighted by atomic mass is 16.4. The molecule has 0 unspecified atom stereocenters. The zero-order valence-corrected chi connectivity index (χ0v) is 11.1. The van der Waals surface area contributed by atoms with E-state index >= 15 is 0 Å². The van der Waals surface area contributed by atoms with Crippen LogP contribution in [0.15, 0.2) is 34.7 Å². The molecule has 2 aromatic rings. The maximum Gasteiger partial charge on any atom is 0.372 e. The molecule has 0 bridgehead atoms. The summed E-state index contributed by atoms with van der Waals surface area (Å²) in [6, 6.07) is 9.90. The molecule has 2 N–H and O–H groups in total. The van der Waals surface area contributed by atoms with Crippen LogP contribution in [0.25, 0.3) is 0 Å². The fourth-order valence-corrected chi connectivity index (χ4v) is 1.98. The molecule has 1 aromatic carbocycles.